The molecular weight excluding hydrogens is 368 g/mol. The molecule has 0 radical (unpaired) electrons. The van der Waals surface area contributed by atoms with Crippen LogP contribution >= 0.6 is 0 Å². The number of aromatic hydroxyl groups is 1. The van der Waals surface area contributed by atoms with E-state index in [1.54, 1.807) is 0 Å². The van der Waals surface area contributed by atoms with Gasteiger partial charge >= 0.3 is 12.1 Å². The summed E-state index contributed by atoms with van der Waals surface area (Å²) >= 11 is 0. The van der Waals surface area contributed by atoms with Gasteiger partial charge in [-0.3, -0.25) is 10.2 Å². The highest BCUT2D eigenvalue weighted by Crippen LogP contribution is 2.42. The van der Waals surface area contributed by atoms with Gasteiger partial charge in [0.05, 0.1) is 14.2 Å². The second kappa shape index (κ2) is 9.12. The molecule has 28 heavy (non-hydrogen) atoms. The van der Waals surface area contributed by atoms with Crippen LogP contribution in [-0.4, -0.2) is 37.3 Å². The molecular formula is C19H24N2O7. The zero-order valence-electron chi connectivity index (χ0n) is 16.3. The largest absolute Gasteiger partial charge is 0.507 e. The maximum atomic E-state index is 11.9. The quantitative estimate of drug-likeness (QED) is 0.384. The number of phenols is 1. The Labute approximate surface area is 162 Å². The normalized spacial score (nSPS) is 12.9. The zero-order chi connectivity index (χ0) is 20.8. The molecule has 9 nitrogen and oxygen atoms in total. The molecule has 1 aliphatic heterocycles. The molecule has 1 heterocycles. The molecule has 152 valence electrons. The van der Waals surface area contributed by atoms with E-state index in [9.17, 15) is 19.5 Å². The number of ether oxygens (including phenoxy) is 3. The van der Waals surface area contributed by atoms with Gasteiger partial charge in [0, 0.05) is 17.5 Å². The fourth-order valence-corrected chi connectivity index (χ4v) is 2.95. The van der Waals surface area contributed by atoms with E-state index in [-0.39, 0.29) is 30.2 Å². The number of hydrazine groups is 1. The van der Waals surface area contributed by atoms with Crippen LogP contribution in [0.5, 0.6) is 11.5 Å². The number of esters is 1. The third kappa shape index (κ3) is 4.54. The first-order valence-corrected chi connectivity index (χ1v) is 8.66. The summed E-state index contributed by atoms with van der Waals surface area (Å²) in [6, 6.07) is 0. The van der Waals surface area contributed by atoms with Crippen molar-refractivity contribution in [2.24, 2.45) is 0 Å². The highest BCUT2D eigenvalue weighted by molar-refractivity contribution is 5.98. The molecule has 2 amide bonds. The lowest BCUT2D eigenvalue weighted by Gasteiger charge is -2.15. The van der Waals surface area contributed by atoms with Crippen LogP contribution in [0.2, 0.25) is 0 Å². The number of fused-ring (bicyclic) bond motifs is 1. The van der Waals surface area contributed by atoms with E-state index in [1.807, 2.05) is 19.9 Å². The van der Waals surface area contributed by atoms with Crippen LogP contribution in [0.3, 0.4) is 0 Å². The van der Waals surface area contributed by atoms with Crippen molar-refractivity contribution in [1.29, 1.82) is 0 Å². The molecule has 0 bridgehead atoms. The van der Waals surface area contributed by atoms with Crippen LogP contribution in [0, 0.1) is 6.92 Å². The summed E-state index contributed by atoms with van der Waals surface area (Å²) < 4.78 is 14.8. The number of phenolic OH excluding ortho intramolecular Hbond substituents is 1. The number of benzene rings is 1. The second-order valence-electron chi connectivity index (χ2n) is 6.33. The maximum absolute atomic E-state index is 11.9. The van der Waals surface area contributed by atoms with Crippen molar-refractivity contribution in [3.8, 4) is 11.5 Å². The molecule has 0 saturated heterocycles. The van der Waals surface area contributed by atoms with Gasteiger partial charge in [-0.15, -0.1) is 0 Å². The molecule has 0 aliphatic carbocycles. The fourth-order valence-electron chi connectivity index (χ4n) is 2.95. The molecule has 3 N–H and O–H groups in total. The van der Waals surface area contributed by atoms with E-state index in [2.05, 4.69) is 15.6 Å². The Morgan fingerprint density at radius 1 is 1.25 bits per heavy atom. The number of rotatable bonds is 6. The standard InChI is InChI=1S/C19H24N2O7/c1-10(6-8-14(22)20-21-19(25)27-4)5-7-12-16(23)15-13(9-28-18(15)24)11(2)17(12)26-3/h5,23H,6-9H2,1-4H3,(H,20,22)(H,21,25)/b10-5+. The molecule has 0 spiro atoms. The van der Waals surface area contributed by atoms with Crippen LogP contribution < -0.4 is 15.6 Å². The summed E-state index contributed by atoms with van der Waals surface area (Å²) in [6.07, 6.45) is 2.03. The molecule has 2 rings (SSSR count). The molecule has 9 heteroatoms. The van der Waals surface area contributed by atoms with Crippen molar-refractivity contribution in [2.75, 3.05) is 14.2 Å². The van der Waals surface area contributed by atoms with Crippen molar-refractivity contribution < 1.29 is 33.7 Å². The van der Waals surface area contributed by atoms with E-state index < -0.39 is 12.1 Å². The maximum Gasteiger partial charge on any atom is 0.425 e. The molecule has 0 saturated carbocycles. The first-order chi connectivity index (χ1) is 13.3. The van der Waals surface area contributed by atoms with Crippen LogP contribution in [0.15, 0.2) is 11.6 Å². The van der Waals surface area contributed by atoms with Crippen molar-refractivity contribution in [1.82, 2.24) is 10.9 Å². The number of methoxy groups -OCH3 is 2. The van der Waals surface area contributed by atoms with Gasteiger partial charge in [-0.1, -0.05) is 11.6 Å². The average Bonchev–Trinajstić information content (AvgIpc) is 3.07. The SMILES string of the molecule is COC(=O)NNC(=O)CC/C(C)=C/Cc1c(O)c2c(c(C)c1OC)COC2=O. The van der Waals surface area contributed by atoms with Crippen molar-refractivity contribution in [2.45, 2.75) is 39.7 Å². The van der Waals surface area contributed by atoms with Crippen molar-refractivity contribution >= 4 is 18.0 Å². The number of allylic oxidation sites excluding steroid dienone is 2. The average molecular weight is 392 g/mol. The minimum atomic E-state index is -0.756. The lowest BCUT2D eigenvalue weighted by atomic mass is 9.94. The minimum Gasteiger partial charge on any atom is -0.507 e. The first-order valence-electron chi connectivity index (χ1n) is 8.66. The number of carbonyl (C=O) groups excluding carboxylic acids is 3. The lowest BCUT2D eigenvalue weighted by molar-refractivity contribution is -0.121. The molecule has 0 unspecified atom stereocenters. The Morgan fingerprint density at radius 2 is 1.96 bits per heavy atom. The number of hydrogen-bond donors (Lipinski definition) is 3. The fraction of sp³-hybridized carbons (Fsp3) is 0.421. The van der Waals surface area contributed by atoms with Gasteiger partial charge in [0.25, 0.3) is 0 Å². The van der Waals surface area contributed by atoms with Crippen LogP contribution in [0.1, 0.15) is 46.8 Å². The Hall–Kier alpha value is -3.23. The van der Waals surface area contributed by atoms with Crippen LogP contribution in [0.4, 0.5) is 4.79 Å². The minimum absolute atomic E-state index is 0.119. The predicted molar refractivity (Wildman–Crippen MR) is 98.9 cm³/mol. The smallest absolute Gasteiger partial charge is 0.425 e. The summed E-state index contributed by atoms with van der Waals surface area (Å²) in [4.78, 5) is 34.5. The molecule has 1 aromatic carbocycles. The highest BCUT2D eigenvalue weighted by Gasteiger charge is 2.31. The molecule has 1 aromatic rings. The van der Waals surface area contributed by atoms with Gasteiger partial charge in [-0.25, -0.2) is 15.0 Å². The second-order valence-corrected chi connectivity index (χ2v) is 6.33. The number of cyclic esters (lactones) is 1. The Morgan fingerprint density at radius 3 is 2.61 bits per heavy atom. The predicted octanol–water partition coefficient (Wildman–Crippen LogP) is 2.04. The first kappa shape index (κ1) is 21.1. The topological polar surface area (TPSA) is 123 Å². The van der Waals surface area contributed by atoms with E-state index in [0.29, 0.717) is 29.7 Å². The van der Waals surface area contributed by atoms with E-state index in [4.69, 9.17) is 9.47 Å². The number of hydrogen-bond acceptors (Lipinski definition) is 7. The Balaban J connectivity index is 2.08. The summed E-state index contributed by atoms with van der Waals surface area (Å²) in [5, 5.41) is 10.6. The molecule has 0 atom stereocenters. The van der Waals surface area contributed by atoms with E-state index in [0.717, 1.165) is 11.1 Å². The van der Waals surface area contributed by atoms with Crippen LogP contribution in [-0.2, 0) is 27.3 Å². The van der Waals surface area contributed by atoms with E-state index >= 15 is 0 Å². The Bertz CT molecular complexity index is 830. The zero-order valence-corrected chi connectivity index (χ0v) is 16.3. The monoisotopic (exact) mass is 392 g/mol. The molecule has 0 aromatic heterocycles. The van der Waals surface area contributed by atoms with Gasteiger partial charge < -0.3 is 19.3 Å². The Kier molecular flexibility index (Phi) is 6.86. The summed E-state index contributed by atoms with van der Waals surface area (Å²) in [5.41, 5.74) is 7.30. The molecule has 0 fully saturated rings. The number of nitrogens with one attached hydrogen (secondary N) is 2. The molecule has 1 aliphatic rings. The summed E-state index contributed by atoms with van der Waals surface area (Å²) in [7, 11) is 2.70. The number of carbonyl (C=O) groups is 3. The van der Waals surface area contributed by atoms with E-state index in [1.165, 1.54) is 14.2 Å². The van der Waals surface area contributed by atoms with Gasteiger partial charge in [0.1, 0.15) is 23.7 Å². The van der Waals surface area contributed by atoms with Crippen molar-refractivity contribution in [3.63, 3.8) is 0 Å². The number of amides is 2. The van der Waals surface area contributed by atoms with Gasteiger partial charge in [-0.05, 0) is 32.3 Å². The lowest BCUT2D eigenvalue weighted by Crippen LogP contribution is -2.41. The van der Waals surface area contributed by atoms with Gasteiger partial charge in [-0.2, -0.15) is 0 Å². The van der Waals surface area contributed by atoms with Crippen LogP contribution in [0.25, 0.3) is 0 Å². The summed E-state index contributed by atoms with van der Waals surface area (Å²) in [5.74, 6) is -0.535. The highest BCUT2D eigenvalue weighted by atomic mass is 16.5. The van der Waals surface area contributed by atoms with Crippen molar-refractivity contribution in [3.05, 3.63) is 33.9 Å². The van der Waals surface area contributed by atoms with Gasteiger partial charge in [0.15, 0.2) is 0 Å². The van der Waals surface area contributed by atoms with Gasteiger partial charge in [0.2, 0.25) is 5.91 Å². The third-order valence-corrected chi connectivity index (χ3v) is 4.54. The third-order valence-electron chi connectivity index (χ3n) is 4.54. The summed E-state index contributed by atoms with van der Waals surface area (Å²) in [6.45, 7) is 3.78.